The molecule has 1 fully saturated rings. The van der Waals surface area contributed by atoms with Crippen molar-refractivity contribution < 1.29 is 9.53 Å². The van der Waals surface area contributed by atoms with Gasteiger partial charge in [-0.3, -0.25) is 14.5 Å². The van der Waals surface area contributed by atoms with Gasteiger partial charge in [0.05, 0.1) is 13.2 Å². The molecule has 1 aliphatic heterocycles. The molecule has 7 nitrogen and oxygen atoms in total. The number of aromatic amines is 1. The van der Waals surface area contributed by atoms with Gasteiger partial charge < -0.3 is 19.4 Å². The first-order valence-electron chi connectivity index (χ1n) is 10.8. The molecule has 1 atom stereocenters. The molecule has 1 unspecified atom stereocenters. The molecule has 164 valence electrons. The van der Waals surface area contributed by atoms with Crippen LogP contribution in [0.1, 0.15) is 51.3 Å². The third-order valence-electron chi connectivity index (χ3n) is 6.52. The standard InChI is InChI=1S/C24H30N4O3/c1-15-13-25-24(30)21(16(15)2)14-26-23(29)20-12-19-6-5-7-28(19)22(17(20)3)18(4)27-8-10-31-11-9-27/h5-7,12-13,18H,8-11,14H2,1-4H3,(H,25,30)(H,26,29). The number of ether oxygens (including phenoxy) is 1. The number of fused-ring (bicyclic) bond motifs is 1. The van der Waals surface area contributed by atoms with Gasteiger partial charge in [0, 0.05) is 60.4 Å². The summed E-state index contributed by atoms with van der Waals surface area (Å²) in [6.45, 7) is 11.4. The lowest BCUT2D eigenvalue weighted by atomic mass is 10.0. The summed E-state index contributed by atoms with van der Waals surface area (Å²) >= 11 is 0. The quantitative estimate of drug-likeness (QED) is 0.663. The van der Waals surface area contributed by atoms with E-state index in [0.717, 1.165) is 54.2 Å². The van der Waals surface area contributed by atoms with Crippen LogP contribution in [-0.2, 0) is 11.3 Å². The number of nitrogens with one attached hydrogen (secondary N) is 2. The lowest BCUT2D eigenvalue weighted by Crippen LogP contribution is -2.39. The van der Waals surface area contributed by atoms with Crippen LogP contribution in [0.3, 0.4) is 0 Å². The molecule has 0 aromatic carbocycles. The number of nitrogens with zero attached hydrogens (tertiary/aromatic N) is 2. The maximum atomic E-state index is 13.2. The van der Waals surface area contributed by atoms with Gasteiger partial charge in [-0.15, -0.1) is 0 Å². The smallest absolute Gasteiger partial charge is 0.253 e. The van der Waals surface area contributed by atoms with Crippen molar-refractivity contribution in [1.29, 1.82) is 0 Å². The Morgan fingerprint density at radius 2 is 1.97 bits per heavy atom. The van der Waals surface area contributed by atoms with Gasteiger partial charge in [0.1, 0.15) is 0 Å². The van der Waals surface area contributed by atoms with Crippen LogP contribution in [0.25, 0.3) is 5.52 Å². The Morgan fingerprint density at radius 1 is 1.23 bits per heavy atom. The number of hydrogen-bond donors (Lipinski definition) is 2. The van der Waals surface area contributed by atoms with E-state index in [2.05, 4.69) is 26.5 Å². The van der Waals surface area contributed by atoms with Crippen molar-refractivity contribution in [3.63, 3.8) is 0 Å². The van der Waals surface area contributed by atoms with E-state index in [1.54, 1.807) is 6.20 Å². The van der Waals surface area contributed by atoms with E-state index in [-0.39, 0.29) is 24.1 Å². The summed E-state index contributed by atoms with van der Waals surface area (Å²) in [6.07, 6.45) is 3.75. The fraction of sp³-hybridized carbons (Fsp3) is 0.417. The molecular formula is C24H30N4O3. The highest BCUT2D eigenvalue weighted by Crippen LogP contribution is 2.28. The van der Waals surface area contributed by atoms with Gasteiger partial charge in [-0.25, -0.2) is 0 Å². The number of carbonyl (C=O) groups is 1. The molecule has 0 spiro atoms. The summed E-state index contributed by atoms with van der Waals surface area (Å²) in [6, 6.07) is 6.09. The predicted molar refractivity (Wildman–Crippen MR) is 121 cm³/mol. The van der Waals surface area contributed by atoms with Crippen LogP contribution < -0.4 is 10.9 Å². The number of hydrogen-bond acceptors (Lipinski definition) is 4. The normalized spacial score (nSPS) is 15.9. The Kier molecular flexibility index (Phi) is 5.98. The minimum atomic E-state index is -0.170. The number of H-pyrrole nitrogens is 1. The zero-order chi connectivity index (χ0) is 22.1. The fourth-order valence-electron chi connectivity index (χ4n) is 4.45. The number of amides is 1. The third-order valence-corrected chi connectivity index (χ3v) is 6.52. The molecule has 0 saturated carbocycles. The Morgan fingerprint density at radius 3 is 2.71 bits per heavy atom. The summed E-state index contributed by atoms with van der Waals surface area (Å²) in [5.41, 5.74) is 6.02. The van der Waals surface area contributed by atoms with Crippen LogP contribution in [0.5, 0.6) is 0 Å². The summed E-state index contributed by atoms with van der Waals surface area (Å²) in [4.78, 5) is 30.6. The molecular weight excluding hydrogens is 392 g/mol. The van der Waals surface area contributed by atoms with Crippen LogP contribution in [0, 0.1) is 20.8 Å². The van der Waals surface area contributed by atoms with Crippen molar-refractivity contribution in [3.8, 4) is 0 Å². The van der Waals surface area contributed by atoms with Crippen LogP contribution in [0.15, 0.2) is 35.4 Å². The van der Waals surface area contributed by atoms with Crippen molar-refractivity contribution in [2.75, 3.05) is 26.3 Å². The second kappa shape index (κ2) is 8.69. The highest BCUT2D eigenvalue weighted by atomic mass is 16.5. The average molecular weight is 423 g/mol. The second-order valence-electron chi connectivity index (χ2n) is 8.28. The van der Waals surface area contributed by atoms with E-state index >= 15 is 0 Å². The maximum Gasteiger partial charge on any atom is 0.253 e. The topological polar surface area (TPSA) is 78.8 Å². The molecule has 4 heterocycles. The Hall–Kier alpha value is -2.90. The molecule has 0 bridgehead atoms. The number of pyridine rings is 2. The molecule has 0 aliphatic carbocycles. The Bertz CT molecular complexity index is 1170. The monoisotopic (exact) mass is 422 g/mol. The van der Waals surface area contributed by atoms with Crippen LogP contribution >= 0.6 is 0 Å². The summed E-state index contributed by atoms with van der Waals surface area (Å²) in [7, 11) is 0. The van der Waals surface area contributed by atoms with Crippen LogP contribution in [0.2, 0.25) is 0 Å². The van der Waals surface area contributed by atoms with Gasteiger partial charge in [0.25, 0.3) is 11.5 Å². The molecule has 0 radical (unpaired) electrons. The first kappa shape index (κ1) is 21.3. The van der Waals surface area contributed by atoms with Gasteiger partial charge in [-0.2, -0.15) is 0 Å². The van der Waals surface area contributed by atoms with Crippen molar-refractivity contribution in [3.05, 3.63) is 74.5 Å². The molecule has 2 N–H and O–H groups in total. The Labute approximate surface area is 182 Å². The number of aromatic nitrogens is 2. The third kappa shape index (κ3) is 4.03. The molecule has 7 heteroatoms. The van der Waals surface area contributed by atoms with E-state index in [1.807, 2.05) is 45.2 Å². The van der Waals surface area contributed by atoms with Crippen molar-refractivity contribution in [2.45, 2.75) is 40.3 Å². The molecule has 1 amide bonds. The van der Waals surface area contributed by atoms with E-state index in [9.17, 15) is 9.59 Å². The SMILES string of the molecule is Cc1c[nH]c(=O)c(CNC(=O)c2cc3cccn3c(C(C)N3CCOCC3)c2C)c1C. The zero-order valence-electron chi connectivity index (χ0n) is 18.6. The summed E-state index contributed by atoms with van der Waals surface area (Å²) in [5, 5.41) is 2.97. The highest BCUT2D eigenvalue weighted by Gasteiger charge is 2.25. The average Bonchev–Trinajstić information content (AvgIpc) is 3.24. The van der Waals surface area contributed by atoms with Crippen LogP contribution in [-0.4, -0.2) is 46.5 Å². The first-order chi connectivity index (χ1) is 14.9. The van der Waals surface area contributed by atoms with Gasteiger partial charge in [0.2, 0.25) is 0 Å². The van der Waals surface area contributed by atoms with E-state index in [1.165, 1.54) is 0 Å². The largest absolute Gasteiger partial charge is 0.379 e. The van der Waals surface area contributed by atoms with E-state index < -0.39 is 0 Å². The highest BCUT2D eigenvalue weighted by molar-refractivity contribution is 5.97. The van der Waals surface area contributed by atoms with Gasteiger partial charge >= 0.3 is 0 Å². The molecule has 1 saturated heterocycles. The van der Waals surface area contributed by atoms with Gasteiger partial charge in [-0.05, 0) is 62.6 Å². The van der Waals surface area contributed by atoms with E-state index in [4.69, 9.17) is 4.74 Å². The number of rotatable bonds is 5. The first-order valence-corrected chi connectivity index (χ1v) is 10.8. The van der Waals surface area contributed by atoms with Crippen LogP contribution in [0.4, 0.5) is 0 Å². The fourth-order valence-corrected chi connectivity index (χ4v) is 4.45. The summed E-state index contributed by atoms with van der Waals surface area (Å²) < 4.78 is 7.68. The molecule has 1 aliphatic rings. The number of aryl methyl sites for hydroxylation is 1. The zero-order valence-corrected chi connectivity index (χ0v) is 18.6. The van der Waals surface area contributed by atoms with Gasteiger partial charge in [0.15, 0.2) is 0 Å². The molecule has 31 heavy (non-hydrogen) atoms. The minimum Gasteiger partial charge on any atom is -0.379 e. The molecule has 4 rings (SSSR count). The second-order valence-corrected chi connectivity index (χ2v) is 8.28. The number of morpholine rings is 1. The van der Waals surface area contributed by atoms with Crippen molar-refractivity contribution in [1.82, 2.24) is 19.6 Å². The molecule has 3 aromatic rings. The molecule has 3 aromatic heterocycles. The van der Waals surface area contributed by atoms with Crippen molar-refractivity contribution in [2.24, 2.45) is 0 Å². The number of carbonyl (C=O) groups excluding carboxylic acids is 1. The maximum absolute atomic E-state index is 13.2. The lowest BCUT2D eigenvalue weighted by molar-refractivity contribution is 0.0187. The lowest BCUT2D eigenvalue weighted by Gasteiger charge is -2.34. The van der Waals surface area contributed by atoms with Crippen molar-refractivity contribution >= 4 is 11.4 Å². The predicted octanol–water partition coefficient (Wildman–Crippen LogP) is 2.88. The minimum absolute atomic E-state index is 0.147. The summed E-state index contributed by atoms with van der Waals surface area (Å²) in [5.74, 6) is -0.170. The Balaban J connectivity index is 1.66. The van der Waals surface area contributed by atoms with E-state index in [0.29, 0.717) is 11.1 Å². The van der Waals surface area contributed by atoms with Gasteiger partial charge in [-0.1, -0.05) is 0 Å².